The first kappa shape index (κ1) is 71.9. The Morgan fingerprint density at radius 3 is 0.822 bits per heavy atom. The number of hydrogen-bond acceptors (Lipinski definition) is 3. The Hall–Kier alpha value is -1.13. The van der Waals surface area contributed by atoms with E-state index in [4.69, 9.17) is 0 Å². The molecule has 434 valence electrons. The Kier molecular flexibility index (Phi) is 64.1. The van der Waals surface area contributed by atoms with Gasteiger partial charge in [-0.25, -0.2) is 0 Å². The van der Waals surface area contributed by atoms with Crippen LogP contribution in [0.5, 0.6) is 0 Å². The van der Waals surface area contributed by atoms with Gasteiger partial charge in [0.25, 0.3) is 0 Å². The summed E-state index contributed by atoms with van der Waals surface area (Å²) in [7, 11) is 0. The highest BCUT2D eigenvalue weighted by molar-refractivity contribution is 5.76. The monoisotopic (exact) mass is 1030 g/mol. The third-order valence-corrected chi connectivity index (χ3v) is 16.2. The Labute approximate surface area is 459 Å². The molecule has 0 aromatic rings. The lowest BCUT2D eigenvalue weighted by Crippen LogP contribution is -2.45. The molecule has 2 unspecified atom stereocenters. The van der Waals surface area contributed by atoms with Crippen molar-refractivity contribution in [2.24, 2.45) is 0 Å². The molecule has 4 heteroatoms. The van der Waals surface area contributed by atoms with Gasteiger partial charge in [0, 0.05) is 6.42 Å². The van der Waals surface area contributed by atoms with Gasteiger partial charge < -0.3 is 15.5 Å². The van der Waals surface area contributed by atoms with E-state index < -0.39 is 12.1 Å². The lowest BCUT2D eigenvalue weighted by molar-refractivity contribution is -0.123. The summed E-state index contributed by atoms with van der Waals surface area (Å²) in [6.07, 6.45) is 88.0. The summed E-state index contributed by atoms with van der Waals surface area (Å²) in [6.45, 7) is 4.40. The number of carbonyl (C=O) groups is 1. The van der Waals surface area contributed by atoms with Crippen molar-refractivity contribution in [1.82, 2.24) is 5.32 Å². The molecule has 1 amide bonds. The van der Waals surface area contributed by atoms with Gasteiger partial charge in [-0.2, -0.15) is 0 Å². The van der Waals surface area contributed by atoms with Crippen LogP contribution in [0.15, 0.2) is 24.3 Å². The van der Waals surface area contributed by atoms with E-state index in [-0.39, 0.29) is 12.5 Å². The van der Waals surface area contributed by atoms with Crippen molar-refractivity contribution in [1.29, 1.82) is 0 Å². The quantitative estimate of drug-likeness (QED) is 0.0420. The van der Waals surface area contributed by atoms with E-state index in [0.717, 1.165) is 32.1 Å². The molecule has 0 heterocycles. The summed E-state index contributed by atoms with van der Waals surface area (Å²) in [6, 6.07) is -0.535. The Morgan fingerprint density at radius 2 is 0.562 bits per heavy atom. The second-order valence-corrected chi connectivity index (χ2v) is 23.6. The van der Waals surface area contributed by atoms with Gasteiger partial charge in [0.2, 0.25) is 5.91 Å². The van der Waals surface area contributed by atoms with Crippen LogP contribution in [0.3, 0.4) is 0 Å². The highest BCUT2D eigenvalue weighted by Crippen LogP contribution is 2.19. The van der Waals surface area contributed by atoms with E-state index in [0.29, 0.717) is 12.8 Å². The molecule has 0 spiro atoms. The van der Waals surface area contributed by atoms with Crippen molar-refractivity contribution in [2.45, 2.75) is 405 Å². The molecule has 0 rings (SSSR count). The van der Waals surface area contributed by atoms with Gasteiger partial charge in [-0.05, 0) is 44.9 Å². The molecule has 0 aromatic carbocycles. The van der Waals surface area contributed by atoms with Crippen molar-refractivity contribution < 1.29 is 15.0 Å². The summed E-state index contributed by atoms with van der Waals surface area (Å²) in [5.74, 6) is -0.0220. The number of allylic oxidation sites excluding steroid dienone is 4. The third-order valence-electron chi connectivity index (χ3n) is 16.2. The maximum atomic E-state index is 12.6. The Balaban J connectivity index is 3.38. The van der Waals surface area contributed by atoms with Crippen LogP contribution >= 0.6 is 0 Å². The van der Waals surface area contributed by atoms with Gasteiger partial charge in [0.15, 0.2) is 0 Å². The van der Waals surface area contributed by atoms with E-state index in [1.165, 1.54) is 334 Å². The molecule has 0 aliphatic carbocycles. The molecule has 0 radical (unpaired) electrons. The van der Waals surface area contributed by atoms with Crippen LogP contribution in [-0.2, 0) is 4.79 Å². The summed E-state index contributed by atoms with van der Waals surface area (Å²) in [4.78, 5) is 12.6. The van der Waals surface area contributed by atoms with Gasteiger partial charge in [-0.15, -0.1) is 0 Å². The highest BCUT2D eigenvalue weighted by Gasteiger charge is 2.20. The molecule has 0 bridgehead atoms. The zero-order chi connectivity index (χ0) is 52.7. The van der Waals surface area contributed by atoms with E-state index in [1.807, 2.05) is 0 Å². The maximum Gasteiger partial charge on any atom is 0.220 e. The second kappa shape index (κ2) is 65.2. The summed E-state index contributed by atoms with van der Waals surface area (Å²) >= 11 is 0. The van der Waals surface area contributed by atoms with Gasteiger partial charge in [0.1, 0.15) is 0 Å². The lowest BCUT2D eigenvalue weighted by atomic mass is 10.0. The Bertz CT molecular complexity index is 1070. The zero-order valence-corrected chi connectivity index (χ0v) is 50.2. The van der Waals surface area contributed by atoms with Crippen LogP contribution in [0.25, 0.3) is 0 Å². The third kappa shape index (κ3) is 61.6. The van der Waals surface area contributed by atoms with Crippen LogP contribution in [0.1, 0.15) is 393 Å². The first-order valence-corrected chi connectivity index (χ1v) is 34.0. The molecule has 0 saturated carbocycles. The zero-order valence-electron chi connectivity index (χ0n) is 50.2. The van der Waals surface area contributed by atoms with Crippen LogP contribution in [0.2, 0.25) is 0 Å². The fraction of sp³-hybridized carbons (Fsp3) is 0.928. The van der Waals surface area contributed by atoms with Crippen LogP contribution in [0, 0.1) is 0 Å². The van der Waals surface area contributed by atoms with E-state index in [2.05, 4.69) is 43.5 Å². The SMILES string of the molecule is CCCCCCC/C=C\C/C=C\CCCCCCCCCCCCCCCCCCCCCCCC(=O)NC(CO)C(O)CCCCCCCCCCCCCCCCCCCCCCCCCCCCCC. The van der Waals surface area contributed by atoms with Gasteiger partial charge in [0.05, 0.1) is 18.8 Å². The first-order chi connectivity index (χ1) is 36.2. The molecule has 0 aliphatic rings. The van der Waals surface area contributed by atoms with Gasteiger partial charge in [-0.1, -0.05) is 366 Å². The minimum Gasteiger partial charge on any atom is -0.394 e. The maximum absolute atomic E-state index is 12.6. The molecule has 0 aromatic heterocycles. The number of unbranched alkanes of at least 4 members (excludes halogenated alkanes) is 53. The number of aliphatic hydroxyl groups is 2. The Morgan fingerprint density at radius 1 is 0.329 bits per heavy atom. The largest absolute Gasteiger partial charge is 0.394 e. The molecular weight excluding hydrogens is 891 g/mol. The molecular formula is C69H135NO3. The number of rotatable bonds is 64. The molecule has 0 saturated heterocycles. The number of nitrogens with one attached hydrogen (secondary N) is 1. The predicted octanol–water partition coefficient (Wildman–Crippen LogP) is 23.0. The van der Waals surface area contributed by atoms with E-state index in [1.54, 1.807) is 0 Å². The topological polar surface area (TPSA) is 69.6 Å². The molecule has 3 N–H and O–H groups in total. The van der Waals surface area contributed by atoms with Gasteiger partial charge >= 0.3 is 0 Å². The molecule has 2 atom stereocenters. The first-order valence-electron chi connectivity index (χ1n) is 34.0. The molecule has 4 nitrogen and oxygen atoms in total. The fourth-order valence-corrected chi connectivity index (χ4v) is 11.0. The average molecular weight is 1030 g/mol. The average Bonchev–Trinajstić information content (AvgIpc) is 3.40. The van der Waals surface area contributed by atoms with Crippen LogP contribution in [-0.4, -0.2) is 34.9 Å². The summed E-state index contributed by atoms with van der Waals surface area (Å²) in [5.41, 5.74) is 0. The molecule has 0 fully saturated rings. The van der Waals surface area contributed by atoms with Crippen molar-refractivity contribution in [3.63, 3.8) is 0 Å². The van der Waals surface area contributed by atoms with Gasteiger partial charge in [-0.3, -0.25) is 4.79 Å². The minimum absolute atomic E-state index is 0.0220. The second-order valence-electron chi connectivity index (χ2n) is 23.6. The number of hydrogen-bond donors (Lipinski definition) is 3. The van der Waals surface area contributed by atoms with Crippen molar-refractivity contribution in [3.8, 4) is 0 Å². The fourth-order valence-electron chi connectivity index (χ4n) is 11.0. The predicted molar refractivity (Wildman–Crippen MR) is 327 cm³/mol. The van der Waals surface area contributed by atoms with Crippen molar-refractivity contribution in [3.05, 3.63) is 24.3 Å². The molecule has 0 aliphatic heterocycles. The summed E-state index contributed by atoms with van der Waals surface area (Å²) in [5, 5.41) is 23.5. The molecule has 73 heavy (non-hydrogen) atoms. The number of carbonyl (C=O) groups excluding carboxylic acids is 1. The van der Waals surface area contributed by atoms with Crippen molar-refractivity contribution >= 4 is 5.91 Å². The van der Waals surface area contributed by atoms with Crippen LogP contribution in [0.4, 0.5) is 0 Å². The van der Waals surface area contributed by atoms with Crippen LogP contribution < -0.4 is 5.32 Å². The smallest absolute Gasteiger partial charge is 0.220 e. The summed E-state index contributed by atoms with van der Waals surface area (Å²) < 4.78 is 0. The normalized spacial score (nSPS) is 12.8. The van der Waals surface area contributed by atoms with E-state index >= 15 is 0 Å². The minimum atomic E-state index is -0.659. The lowest BCUT2D eigenvalue weighted by Gasteiger charge is -2.22. The van der Waals surface area contributed by atoms with E-state index in [9.17, 15) is 15.0 Å². The highest BCUT2D eigenvalue weighted by atomic mass is 16.3. The van der Waals surface area contributed by atoms with Crippen molar-refractivity contribution in [2.75, 3.05) is 6.61 Å². The number of aliphatic hydroxyl groups excluding tert-OH is 2. The number of amides is 1. The standard InChI is InChI=1S/C69H135NO3/c1-3-5-7-9-11-13-15-17-19-21-23-25-27-29-31-33-34-35-36-37-39-41-43-45-47-49-51-53-55-57-59-61-63-65-69(73)70-67(66-71)68(72)64-62-60-58-56-54-52-50-48-46-44-42-40-38-32-30-28-26-24-22-20-18-16-14-12-10-8-6-4-2/h15,17,21,23,67-68,71-72H,3-14,16,18-20,22,24-66H2,1-2H3,(H,70,73)/b17-15-,23-21-.